The largest absolute Gasteiger partial charge is 0.484 e. The molecule has 0 aliphatic carbocycles. The number of carbonyl (C=O) groups excluding carboxylic acids is 1. The molecule has 4 aromatic rings. The molecule has 146 valence electrons. The molecule has 0 radical (unpaired) electrons. The van der Waals surface area contributed by atoms with Crippen LogP contribution in [0.3, 0.4) is 0 Å². The predicted octanol–water partition coefficient (Wildman–Crippen LogP) is 5.85. The maximum absolute atomic E-state index is 12.2. The van der Waals surface area contributed by atoms with Crippen LogP contribution in [0.15, 0.2) is 66.7 Å². The van der Waals surface area contributed by atoms with Crippen LogP contribution in [0.25, 0.3) is 20.8 Å². The molecule has 4 rings (SSSR count). The van der Waals surface area contributed by atoms with E-state index in [4.69, 9.17) is 9.72 Å². The van der Waals surface area contributed by atoms with Crippen LogP contribution in [0.4, 0.5) is 5.69 Å². The summed E-state index contributed by atoms with van der Waals surface area (Å²) < 4.78 is 6.78. The van der Waals surface area contributed by atoms with Crippen LogP contribution in [0, 0.1) is 6.92 Å². The third-order valence-corrected chi connectivity index (χ3v) is 5.70. The molecule has 0 aliphatic heterocycles. The van der Waals surface area contributed by atoms with Gasteiger partial charge in [-0.25, -0.2) is 4.98 Å². The van der Waals surface area contributed by atoms with Gasteiger partial charge in [0.25, 0.3) is 5.91 Å². The van der Waals surface area contributed by atoms with Crippen molar-refractivity contribution < 1.29 is 9.53 Å². The molecule has 5 heteroatoms. The minimum absolute atomic E-state index is 0.0217. The first kappa shape index (κ1) is 19.2. The number of carbonyl (C=O) groups is 1. The molecule has 3 aromatic carbocycles. The molecule has 1 amide bonds. The summed E-state index contributed by atoms with van der Waals surface area (Å²) in [5.74, 6) is 0.524. The number of aromatic nitrogens is 1. The van der Waals surface area contributed by atoms with E-state index in [-0.39, 0.29) is 12.5 Å². The quantitative estimate of drug-likeness (QED) is 0.440. The Kier molecular flexibility index (Phi) is 5.58. The van der Waals surface area contributed by atoms with Crippen molar-refractivity contribution in [3.05, 3.63) is 77.9 Å². The van der Waals surface area contributed by atoms with E-state index in [1.165, 1.54) is 15.8 Å². The lowest BCUT2D eigenvalue weighted by molar-refractivity contribution is -0.118. The first-order valence-corrected chi connectivity index (χ1v) is 10.4. The summed E-state index contributed by atoms with van der Waals surface area (Å²) in [7, 11) is 0. The predicted molar refractivity (Wildman–Crippen MR) is 120 cm³/mol. The van der Waals surface area contributed by atoms with Gasteiger partial charge in [-0.3, -0.25) is 4.79 Å². The van der Waals surface area contributed by atoms with E-state index >= 15 is 0 Å². The Morgan fingerprint density at radius 3 is 2.69 bits per heavy atom. The van der Waals surface area contributed by atoms with Crippen LogP contribution in [0.5, 0.6) is 5.75 Å². The average molecular weight is 403 g/mol. The summed E-state index contributed by atoms with van der Waals surface area (Å²) in [6, 6.07) is 21.8. The van der Waals surface area contributed by atoms with E-state index in [1.807, 2.05) is 48.5 Å². The fourth-order valence-electron chi connectivity index (χ4n) is 3.05. The topological polar surface area (TPSA) is 51.2 Å². The highest BCUT2D eigenvalue weighted by atomic mass is 32.1. The van der Waals surface area contributed by atoms with Gasteiger partial charge in [0.15, 0.2) is 6.61 Å². The smallest absolute Gasteiger partial charge is 0.262 e. The number of ether oxygens (including phenoxy) is 1. The molecular weight excluding hydrogens is 380 g/mol. The molecule has 0 saturated heterocycles. The van der Waals surface area contributed by atoms with Gasteiger partial charge in [0.2, 0.25) is 0 Å². The Bertz CT molecular complexity index is 1150. The minimum atomic E-state index is -0.185. The molecule has 29 heavy (non-hydrogen) atoms. The summed E-state index contributed by atoms with van der Waals surface area (Å²) >= 11 is 1.67. The van der Waals surface area contributed by atoms with E-state index in [1.54, 1.807) is 11.3 Å². The summed E-state index contributed by atoms with van der Waals surface area (Å²) in [6.07, 6.45) is 0.935. The van der Waals surface area contributed by atoms with Gasteiger partial charge >= 0.3 is 0 Å². The van der Waals surface area contributed by atoms with Crippen molar-refractivity contribution in [1.82, 2.24) is 4.98 Å². The van der Waals surface area contributed by atoms with E-state index in [0.717, 1.165) is 28.2 Å². The maximum Gasteiger partial charge on any atom is 0.262 e. The molecular formula is C24H22N2O2S. The van der Waals surface area contributed by atoms with Crippen molar-refractivity contribution in [2.45, 2.75) is 20.3 Å². The number of nitrogens with one attached hydrogen (secondary N) is 1. The highest BCUT2D eigenvalue weighted by Gasteiger charge is 2.08. The molecule has 0 bridgehead atoms. The number of hydrogen-bond acceptors (Lipinski definition) is 4. The zero-order chi connectivity index (χ0) is 20.2. The fraction of sp³-hybridized carbons (Fsp3) is 0.167. The highest BCUT2D eigenvalue weighted by molar-refractivity contribution is 7.21. The van der Waals surface area contributed by atoms with E-state index < -0.39 is 0 Å². The van der Waals surface area contributed by atoms with Crippen molar-refractivity contribution in [3.63, 3.8) is 0 Å². The molecule has 0 fully saturated rings. The van der Waals surface area contributed by atoms with Gasteiger partial charge in [-0.05, 0) is 73.0 Å². The Morgan fingerprint density at radius 2 is 1.90 bits per heavy atom. The van der Waals surface area contributed by atoms with Gasteiger partial charge in [-0.2, -0.15) is 0 Å². The lowest BCUT2D eigenvalue weighted by Gasteiger charge is -2.09. The molecule has 0 saturated carbocycles. The second-order valence-electron chi connectivity index (χ2n) is 6.91. The molecule has 1 heterocycles. The summed E-state index contributed by atoms with van der Waals surface area (Å²) in [5.41, 5.74) is 5.20. The zero-order valence-electron chi connectivity index (χ0n) is 16.4. The van der Waals surface area contributed by atoms with Gasteiger partial charge in [0.05, 0.1) is 10.2 Å². The number of aryl methyl sites for hydroxylation is 2. The monoisotopic (exact) mass is 402 g/mol. The molecule has 0 aliphatic rings. The van der Waals surface area contributed by atoms with Crippen LogP contribution in [-0.2, 0) is 11.2 Å². The van der Waals surface area contributed by atoms with Gasteiger partial charge < -0.3 is 10.1 Å². The van der Waals surface area contributed by atoms with Crippen molar-refractivity contribution in [1.29, 1.82) is 0 Å². The lowest BCUT2D eigenvalue weighted by atomic mass is 10.2. The number of anilines is 1. The van der Waals surface area contributed by atoms with Crippen LogP contribution in [-0.4, -0.2) is 17.5 Å². The van der Waals surface area contributed by atoms with Gasteiger partial charge in [0.1, 0.15) is 10.8 Å². The van der Waals surface area contributed by atoms with E-state index in [2.05, 4.69) is 37.4 Å². The number of nitrogens with zero attached hydrogens (tertiary/aromatic N) is 1. The first-order chi connectivity index (χ1) is 14.1. The normalized spacial score (nSPS) is 10.8. The number of fused-ring (bicyclic) bond motifs is 1. The van der Waals surface area contributed by atoms with E-state index in [9.17, 15) is 4.79 Å². The Hall–Kier alpha value is -3.18. The van der Waals surface area contributed by atoms with Crippen molar-refractivity contribution in [2.24, 2.45) is 0 Å². The third-order valence-electron chi connectivity index (χ3n) is 4.64. The number of amides is 1. The summed E-state index contributed by atoms with van der Waals surface area (Å²) in [6.45, 7) is 4.15. The van der Waals surface area contributed by atoms with Gasteiger partial charge in [0, 0.05) is 11.3 Å². The zero-order valence-corrected chi connectivity index (χ0v) is 17.3. The standard InChI is InChI=1S/C24H22N2O2S/c1-3-17-5-4-6-20(14-17)28-15-23(27)25-19-10-8-18(9-11-19)24-26-21-12-7-16(2)13-22(21)29-24/h4-14H,3,15H2,1-2H3,(H,25,27). The number of thiazole rings is 1. The Labute approximate surface area is 174 Å². The second-order valence-corrected chi connectivity index (χ2v) is 7.94. The Balaban J connectivity index is 1.38. The average Bonchev–Trinajstić information content (AvgIpc) is 3.16. The molecule has 0 atom stereocenters. The maximum atomic E-state index is 12.2. The van der Waals surface area contributed by atoms with E-state index in [0.29, 0.717) is 5.75 Å². The summed E-state index contributed by atoms with van der Waals surface area (Å²) in [5, 5.41) is 3.85. The van der Waals surface area contributed by atoms with Crippen molar-refractivity contribution >= 4 is 33.1 Å². The number of benzene rings is 3. The Morgan fingerprint density at radius 1 is 1.07 bits per heavy atom. The van der Waals surface area contributed by atoms with Gasteiger partial charge in [-0.15, -0.1) is 11.3 Å². The van der Waals surface area contributed by atoms with Crippen molar-refractivity contribution in [3.8, 4) is 16.3 Å². The fourth-order valence-corrected chi connectivity index (χ4v) is 4.12. The minimum Gasteiger partial charge on any atom is -0.484 e. The lowest BCUT2D eigenvalue weighted by Crippen LogP contribution is -2.20. The third kappa shape index (κ3) is 4.63. The number of rotatable bonds is 6. The highest BCUT2D eigenvalue weighted by Crippen LogP contribution is 2.31. The second kappa shape index (κ2) is 8.45. The van der Waals surface area contributed by atoms with Crippen LogP contribution >= 0.6 is 11.3 Å². The molecule has 1 N–H and O–H groups in total. The van der Waals surface area contributed by atoms with Crippen LogP contribution < -0.4 is 10.1 Å². The molecule has 1 aromatic heterocycles. The SMILES string of the molecule is CCc1cccc(OCC(=O)Nc2ccc(-c3nc4ccc(C)cc4s3)cc2)c1. The molecule has 4 nitrogen and oxygen atoms in total. The van der Waals surface area contributed by atoms with Crippen LogP contribution in [0.1, 0.15) is 18.1 Å². The van der Waals surface area contributed by atoms with Gasteiger partial charge in [-0.1, -0.05) is 25.1 Å². The summed E-state index contributed by atoms with van der Waals surface area (Å²) in [4.78, 5) is 16.9. The molecule has 0 spiro atoms. The number of hydrogen-bond donors (Lipinski definition) is 1. The molecule has 0 unspecified atom stereocenters. The van der Waals surface area contributed by atoms with Crippen LogP contribution in [0.2, 0.25) is 0 Å². The first-order valence-electron chi connectivity index (χ1n) is 9.60. The van der Waals surface area contributed by atoms with Crippen molar-refractivity contribution in [2.75, 3.05) is 11.9 Å².